The van der Waals surface area contributed by atoms with E-state index >= 15 is 0 Å². The summed E-state index contributed by atoms with van der Waals surface area (Å²) in [5, 5.41) is 13.6. The van der Waals surface area contributed by atoms with Gasteiger partial charge in [0.25, 0.3) is 0 Å². The van der Waals surface area contributed by atoms with Crippen LogP contribution in [0.1, 0.15) is 11.7 Å². The van der Waals surface area contributed by atoms with E-state index in [1.807, 2.05) is 53.1 Å². The van der Waals surface area contributed by atoms with Crippen LogP contribution in [0.25, 0.3) is 22.4 Å². The first-order valence-corrected chi connectivity index (χ1v) is 7.80. The van der Waals surface area contributed by atoms with E-state index < -0.39 is 0 Å². The summed E-state index contributed by atoms with van der Waals surface area (Å²) < 4.78 is 12.5. The summed E-state index contributed by atoms with van der Waals surface area (Å²) in [6, 6.07) is 15.2. The fourth-order valence-corrected chi connectivity index (χ4v) is 2.76. The van der Waals surface area contributed by atoms with Crippen molar-refractivity contribution < 1.29 is 14.4 Å². The second-order valence-electron chi connectivity index (χ2n) is 5.50. The number of benzene rings is 2. The summed E-state index contributed by atoms with van der Waals surface area (Å²) in [5.74, 6) is 2.22. The van der Waals surface area contributed by atoms with E-state index in [1.54, 1.807) is 7.11 Å². The minimum atomic E-state index is -0.161. The number of aromatic nitrogens is 4. The Labute approximate surface area is 143 Å². The Balaban J connectivity index is 1.67. The standard InChI is InChI=1S/C18H16N4O3/c1-24-13-6-4-5-12(9-13)18-20-17(25-21-18)10-22-15-8-3-2-7-14(15)19-16(22)11-23/h2-9,23H,10-11H2,1H3. The third-order valence-electron chi connectivity index (χ3n) is 3.96. The van der Waals surface area contributed by atoms with Crippen LogP contribution in [0.2, 0.25) is 0 Å². The largest absolute Gasteiger partial charge is 0.497 e. The lowest BCUT2D eigenvalue weighted by Crippen LogP contribution is -2.05. The van der Waals surface area contributed by atoms with Crippen molar-refractivity contribution >= 4 is 11.0 Å². The molecule has 2 aromatic heterocycles. The first kappa shape index (κ1) is 15.3. The van der Waals surface area contributed by atoms with Crippen LogP contribution in [0.15, 0.2) is 53.1 Å². The van der Waals surface area contributed by atoms with E-state index in [9.17, 15) is 5.11 Å². The molecule has 0 atom stereocenters. The van der Waals surface area contributed by atoms with Crippen molar-refractivity contribution in [2.24, 2.45) is 0 Å². The Kier molecular flexibility index (Phi) is 3.91. The number of methoxy groups -OCH3 is 1. The average molecular weight is 336 g/mol. The number of rotatable bonds is 5. The first-order valence-electron chi connectivity index (χ1n) is 7.80. The third kappa shape index (κ3) is 2.85. The molecule has 0 spiro atoms. The molecule has 25 heavy (non-hydrogen) atoms. The molecule has 7 heteroatoms. The molecule has 0 radical (unpaired) electrons. The summed E-state index contributed by atoms with van der Waals surface area (Å²) in [6.45, 7) is 0.179. The zero-order valence-electron chi connectivity index (χ0n) is 13.6. The number of aliphatic hydroxyl groups is 1. The van der Waals surface area contributed by atoms with E-state index in [-0.39, 0.29) is 6.61 Å². The van der Waals surface area contributed by atoms with Gasteiger partial charge in [-0.15, -0.1) is 0 Å². The molecular formula is C18H16N4O3. The zero-order chi connectivity index (χ0) is 17.2. The van der Waals surface area contributed by atoms with E-state index in [0.29, 0.717) is 24.1 Å². The van der Waals surface area contributed by atoms with Gasteiger partial charge in [-0.3, -0.25) is 0 Å². The molecule has 1 N–H and O–H groups in total. The van der Waals surface area contributed by atoms with Crippen molar-refractivity contribution in [2.75, 3.05) is 7.11 Å². The Morgan fingerprint density at radius 2 is 2.00 bits per heavy atom. The van der Waals surface area contributed by atoms with Crippen LogP contribution in [0.3, 0.4) is 0 Å². The number of fused-ring (bicyclic) bond motifs is 1. The average Bonchev–Trinajstić information content (AvgIpc) is 3.27. The summed E-state index contributed by atoms with van der Waals surface area (Å²) in [5.41, 5.74) is 2.54. The Morgan fingerprint density at radius 1 is 1.12 bits per heavy atom. The highest BCUT2D eigenvalue weighted by Crippen LogP contribution is 2.22. The lowest BCUT2D eigenvalue weighted by Gasteiger charge is -2.03. The highest BCUT2D eigenvalue weighted by Gasteiger charge is 2.14. The maximum Gasteiger partial charge on any atom is 0.246 e. The van der Waals surface area contributed by atoms with Crippen molar-refractivity contribution in [3.05, 3.63) is 60.2 Å². The molecule has 0 aliphatic heterocycles. The summed E-state index contributed by atoms with van der Waals surface area (Å²) in [6.07, 6.45) is 0. The van der Waals surface area contributed by atoms with Gasteiger partial charge in [0.15, 0.2) is 0 Å². The molecule has 4 rings (SSSR count). The number of hydrogen-bond donors (Lipinski definition) is 1. The molecule has 0 fully saturated rings. The summed E-state index contributed by atoms with van der Waals surface area (Å²) in [4.78, 5) is 8.87. The maximum absolute atomic E-state index is 9.57. The fraction of sp³-hybridized carbons (Fsp3) is 0.167. The van der Waals surface area contributed by atoms with Crippen molar-refractivity contribution in [2.45, 2.75) is 13.2 Å². The number of ether oxygens (including phenoxy) is 1. The van der Waals surface area contributed by atoms with Gasteiger partial charge in [0.1, 0.15) is 24.7 Å². The highest BCUT2D eigenvalue weighted by molar-refractivity contribution is 5.76. The van der Waals surface area contributed by atoms with Gasteiger partial charge in [0, 0.05) is 5.56 Å². The second kappa shape index (κ2) is 6.37. The molecule has 0 unspecified atom stereocenters. The van der Waals surface area contributed by atoms with Gasteiger partial charge in [-0.25, -0.2) is 4.98 Å². The minimum Gasteiger partial charge on any atom is -0.497 e. The van der Waals surface area contributed by atoms with Crippen LogP contribution >= 0.6 is 0 Å². The first-order chi connectivity index (χ1) is 12.3. The molecule has 126 valence electrons. The monoisotopic (exact) mass is 336 g/mol. The van der Waals surface area contributed by atoms with E-state index in [1.165, 1.54) is 0 Å². The van der Waals surface area contributed by atoms with Crippen LogP contribution in [-0.4, -0.2) is 31.9 Å². The van der Waals surface area contributed by atoms with Crippen LogP contribution in [-0.2, 0) is 13.2 Å². The fourth-order valence-electron chi connectivity index (χ4n) is 2.76. The molecule has 2 aromatic carbocycles. The smallest absolute Gasteiger partial charge is 0.246 e. The summed E-state index contributed by atoms with van der Waals surface area (Å²) in [7, 11) is 1.61. The lowest BCUT2D eigenvalue weighted by molar-refractivity contribution is 0.265. The number of nitrogens with zero attached hydrogens (tertiary/aromatic N) is 4. The molecule has 0 aliphatic carbocycles. The van der Waals surface area contributed by atoms with E-state index in [2.05, 4.69) is 15.1 Å². The summed E-state index contributed by atoms with van der Waals surface area (Å²) >= 11 is 0. The lowest BCUT2D eigenvalue weighted by atomic mass is 10.2. The van der Waals surface area contributed by atoms with Crippen molar-refractivity contribution in [1.82, 2.24) is 19.7 Å². The van der Waals surface area contributed by atoms with Gasteiger partial charge in [-0.2, -0.15) is 4.98 Å². The Bertz CT molecular complexity index is 1020. The van der Waals surface area contributed by atoms with Gasteiger partial charge in [0.05, 0.1) is 18.1 Å². The second-order valence-corrected chi connectivity index (χ2v) is 5.50. The van der Waals surface area contributed by atoms with Crippen molar-refractivity contribution in [3.63, 3.8) is 0 Å². The third-order valence-corrected chi connectivity index (χ3v) is 3.96. The Hall–Kier alpha value is -3.19. The molecular weight excluding hydrogens is 320 g/mol. The van der Waals surface area contributed by atoms with Gasteiger partial charge in [-0.1, -0.05) is 29.4 Å². The SMILES string of the molecule is COc1cccc(-c2noc(Cn3c(CO)nc4ccccc43)n2)c1. The maximum atomic E-state index is 9.57. The van der Waals surface area contributed by atoms with Crippen molar-refractivity contribution in [3.8, 4) is 17.1 Å². The predicted molar refractivity (Wildman–Crippen MR) is 91.0 cm³/mol. The molecule has 0 saturated carbocycles. The molecule has 0 saturated heterocycles. The van der Waals surface area contributed by atoms with Crippen molar-refractivity contribution in [1.29, 1.82) is 0 Å². The number of aliphatic hydroxyl groups excluding tert-OH is 1. The number of imidazole rings is 1. The number of hydrogen-bond acceptors (Lipinski definition) is 6. The predicted octanol–water partition coefficient (Wildman–Crippen LogP) is 2.64. The number of para-hydroxylation sites is 2. The van der Waals surface area contributed by atoms with Crippen LogP contribution < -0.4 is 4.74 Å². The molecule has 0 bridgehead atoms. The normalized spacial score (nSPS) is 11.1. The molecule has 0 aliphatic rings. The zero-order valence-corrected chi connectivity index (χ0v) is 13.6. The van der Waals surface area contributed by atoms with E-state index in [4.69, 9.17) is 9.26 Å². The van der Waals surface area contributed by atoms with Crippen LogP contribution in [0.4, 0.5) is 0 Å². The quantitative estimate of drug-likeness (QED) is 0.603. The van der Waals surface area contributed by atoms with Gasteiger partial charge in [0.2, 0.25) is 11.7 Å². The topological polar surface area (TPSA) is 86.2 Å². The molecule has 0 amide bonds. The van der Waals surface area contributed by atoms with Gasteiger partial charge in [-0.05, 0) is 24.3 Å². The molecule has 4 aromatic rings. The van der Waals surface area contributed by atoms with Crippen LogP contribution in [0.5, 0.6) is 5.75 Å². The van der Waals surface area contributed by atoms with Gasteiger partial charge >= 0.3 is 0 Å². The Morgan fingerprint density at radius 3 is 2.84 bits per heavy atom. The van der Waals surface area contributed by atoms with Gasteiger partial charge < -0.3 is 18.9 Å². The molecule has 7 nitrogen and oxygen atoms in total. The van der Waals surface area contributed by atoms with E-state index in [0.717, 1.165) is 22.3 Å². The minimum absolute atomic E-state index is 0.161. The highest BCUT2D eigenvalue weighted by atomic mass is 16.5. The van der Waals surface area contributed by atoms with Crippen LogP contribution in [0, 0.1) is 0 Å². The molecule has 2 heterocycles.